The second kappa shape index (κ2) is 10.9. The van der Waals surface area contributed by atoms with Crippen LogP contribution >= 0.6 is 0 Å². The van der Waals surface area contributed by atoms with Crippen LogP contribution in [0.3, 0.4) is 0 Å². The van der Waals surface area contributed by atoms with Gasteiger partial charge in [-0.3, -0.25) is 4.99 Å². The summed E-state index contributed by atoms with van der Waals surface area (Å²) in [4.78, 5) is 6.60. The highest BCUT2D eigenvalue weighted by molar-refractivity contribution is 5.79. The molecule has 5 nitrogen and oxygen atoms in total. The Morgan fingerprint density at radius 2 is 1.90 bits per heavy atom. The minimum atomic E-state index is 0.646. The number of nitrogens with one attached hydrogen (secondary N) is 1. The Hall–Kier alpha value is -0.810. The molecule has 0 bridgehead atoms. The molecule has 0 aliphatic heterocycles. The lowest BCUT2D eigenvalue weighted by atomic mass is 9.83. The van der Waals surface area contributed by atoms with Gasteiger partial charge >= 0.3 is 0 Å². The van der Waals surface area contributed by atoms with Crippen molar-refractivity contribution < 1.29 is 9.47 Å². The third-order valence-electron chi connectivity index (χ3n) is 4.20. The predicted octanol–water partition coefficient (Wildman–Crippen LogP) is 1.98. The molecule has 1 fully saturated rings. The van der Waals surface area contributed by atoms with E-state index in [2.05, 4.69) is 29.2 Å². The summed E-state index contributed by atoms with van der Waals surface area (Å²) >= 11 is 0. The van der Waals surface area contributed by atoms with E-state index in [-0.39, 0.29) is 0 Å². The Morgan fingerprint density at radius 3 is 2.52 bits per heavy atom. The highest BCUT2D eigenvalue weighted by Gasteiger charge is 2.20. The van der Waals surface area contributed by atoms with E-state index >= 15 is 0 Å². The van der Waals surface area contributed by atoms with Crippen LogP contribution < -0.4 is 5.32 Å². The number of nitrogens with zero attached hydrogens (tertiary/aromatic N) is 2. The molecule has 0 spiro atoms. The summed E-state index contributed by atoms with van der Waals surface area (Å²) in [5.74, 6) is 2.68. The van der Waals surface area contributed by atoms with E-state index in [0.717, 1.165) is 30.9 Å². The SMILES string of the molecule is CN=C(NCCOCCOC)N(C)CC1CCC(C)CC1. The largest absolute Gasteiger partial charge is 0.382 e. The van der Waals surface area contributed by atoms with Gasteiger partial charge in [0.15, 0.2) is 5.96 Å². The van der Waals surface area contributed by atoms with Crippen molar-refractivity contribution in [2.75, 3.05) is 54.1 Å². The summed E-state index contributed by atoms with van der Waals surface area (Å²) in [6.07, 6.45) is 5.45. The van der Waals surface area contributed by atoms with E-state index in [0.29, 0.717) is 19.8 Å². The second-order valence-corrected chi connectivity index (χ2v) is 6.09. The lowest BCUT2D eigenvalue weighted by molar-refractivity contribution is 0.0731. The monoisotopic (exact) mass is 299 g/mol. The van der Waals surface area contributed by atoms with E-state index in [9.17, 15) is 0 Å². The molecule has 1 rings (SSSR count). The Labute approximate surface area is 130 Å². The number of hydrogen-bond donors (Lipinski definition) is 1. The predicted molar refractivity (Wildman–Crippen MR) is 87.8 cm³/mol. The fourth-order valence-corrected chi connectivity index (χ4v) is 2.85. The molecule has 1 aliphatic carbocycles. The minimum Gasteiger partial charge on any atom is -0.382 e. The molecule has 0 radical (unpaired) electrons. The van der Waals surface area contributed by atoms with Crippen LogP contribution in [0.4, 0.5) is 0 Å². The van der Waals surface area contributed by atoms with Gasteiger partial charge in [-0.2, -0.15) is 0 Å². The molecule has 0 aromatic heterocycles. The number of hydrogen-bond acceptors (Lipinski definition) is 3. The van der Waals surface area contributed by atoms with Crippen molar-refractivity contribution in [1.29, 1.82) is 0 Å². The van der Waals surface area contributed by atoms with Crippen molar-refractivity contribution in [1.82, 2.24) is 10.2 Å². The lowest BCUT2D eigenvalue weighted by Crippen LogP contribution is -2.43. The Kier molecular flexibility index (Phi) is 9.42. The number of guanidine groups is 1. The van der Waals surface area contributed by atoms with Crippen LogP contribution in [0.5, 0.6) is 0 Å². The van der Waals surface area contributed by atoms with Crippen LogP contribution in [0.15, 0.2) is 4.99 Å². The summed E-state index contributed by atoms with van der Waals surface area (Å²) in [5.41, 5.74) is 0. The summed E-state index contributed by atoms with van der Waals surface area (Å²) in [5, 5.41) is 3.35. The average molecular weight is 299 g/mol. The van der Waals surface area contributed by atoms with Gasteiger partial charge in [0, 0.05) is 34.3 Å². The van der Waals surface area contributed by atoms with Crippen molar-refractivity contribution in [3.8, 4) is 0 Å². The van der Waals surface area contributed by atoms with Gasteiger partial charge in [0.2, 0.25) is 0 Å². The molecule has 0 unspecified atom stereocenters. The maximum atomic E-state index is 5.45. The molecule has 5 heteroatoms. The van der Waals surface area contributed by atoms with Gasteiger partial charge in [0.1, 0.15) is 0 Å². The van der Waals surface area contributed by atoms with Crippen LogP contribution in [0.2, 0.25) is 0 Å². The first-order valence-electron chi connectivity index (χ1n) is 8.15. The molecule has 0 atom stereocenters. The lowest BCUT2D eigenvalue weighted by Gasteiger charge is -2.31. The molecule has 0 saturated heterocycles. The number of rotatable bonds is 8. The summed E-state index contributed by atoms with van der Waals surface area (Å²) in [7, 11) is 5.65. The number of methoxy groups -OCH3 is 1. The first-order valence-corrected chi connectivity index (χ1v) is 8.15. The molecular weight excluding hydrogens is 266 g/mol. The molecule has 0 aromatic carbocycles. The zero-order valence-corrected chi connectivity index (χ0v) is 14.2. The zero-order valence-electron chi connectivity index (χ0n) is 14.2. The molecule has 21 heavy (non-hydrogen) atoms. The number of aliphatic imine (C=N–C) groups is 1. The van der Waals surface area contributed by atoms with Crippen molar-refractivity contribution in [2.45, 2.75) is 32.6 Å². The van der Waals surface area contributed by atoms with Crippen molar-refractivity contribution in [2.24, 2.45) is 16.8 Å². The van der Waals surface area contributed by atoms with Gasteiger partial charge in [0.25, 0.3) is 0 Å². The maximum Gasteiger partial charge on any atom is 0.193 e. The molecule has 0 amide bonds. The molecular formula is C16H33N3O2. The van der Waals surface area contributed by atoms with E-state index < -0.39 is 0 Å². The Bertz CT molecular complexity index is 289. The van der Waals surface area contributed by atoms with Gasteiger partial charge < -0.3 is 19.7 Å². The Morgan fingerprint density at radius 1 is 1.19 bits per heavy atom. The van der Waals surface area contributed by atoms with Gasteiger partial charge in [-0.25, -0.2) is 0 Å². The molecule has 124 valence electrons. The third kappa shape index (κ3) is 7.67. The first kappa shape index (κ1) is 18.2. The van der Waals surface area contributed by atoms with Crippen molar-refractivity contribution in [3.63, 3.8) is 0 Å². The van der Waals surface area contributed by atoms with E-state index in [4.69, 9.17) is 9.47 Å². The van der Waals surface area contributed by atoms with Crippen molar-refractivity contribution >= 4 is 5.96 Å². The fourth-order valence-electron chi connectivity index (χ4n) is 2.85. The van der Waals surface area contributed by atoms with Gasteiger partial charge in [0.05, 0.1) is 19.8 Å². The van der Waals surface area contributed by atoms with Gasteiger partial charge in [-0.15, -0.1) is 0 Å². The van der Waals surface area contributed by atoms with E-state index in [1.54, 1.807) is 7.11 Å². The van der Waals surface area contributed by atoms with Crippen LogP contribution in [0.25, 0.3) is 0 Å². The van der Waals surface area contributed by atoms with E-state index in [1.165, 1.54) is 25.7 Å². The highest BCUT2D eigenvalue weighted by Crippen LogP contribution is 2.28. The summed E-state index contributed by atoms with van der Waals surface area (Å²) in [6.45, 7) is 6.21. The topological polar surface area (TPSA) is 46.1 Å². The van der Waals surface area contributed by atoms with Crippen LogP contribution in [0.1, 0.15) is 32.6 Å². The third-order valence-corrected chi connectivity index (χ3v) is 4.20. The quantitative estimate of drug-likeness (QED) is 0.423. The molecule has 0 heterocycles. The van der Waals surface area contributed by atoms with Crippen molar-refractivity contribution in [3.05, 3.63) is 0 Å². The molecule has 1 saturated carbocycles. The standard InChI is InChI=1S/C16H33N3O2/c1-14-5-7-15(8-6-14)13-19(3)16(17-2)18-9-10-21-12-11-20-4/h14-15H,5-13H2,1-4H3,(H,17,18). The number of ether oxygens (including phenoxy) is 2. The zero-order chi connectivity index (χ0) is 15.5. The Balaban J connectivity index is 2.18. The highest BCUT2D eigenvalue weighted by atomic mass is 16.5. The van der Waals surface area contributed by atoms with E-state index in [1.807, 2.05) is 7.05 Å². The molecule has 0 aromatic rings. The first-order chi connectivity index (χ1) is 10.2. The normalized spacial score (nSPS) is 23.1. The van der Waals surface area contributed by atoms with Gasteiger partial charge in [-0.1, -0.05) is 19.8 Å². The maximum absolute atomic E-state index is 5.45. The minimum absolute atomic E-state index is 0.646. The fraction of sp³-hybridized carbons (Fsp3) is 0.938. The van der Waals surface area contributed by atoms with Crippen LogP contribution in [0, 0.1) is 11.8 Å². The molecule has 1 aliphatic rings. The van der Waals surface area contributed by atoms with Gasteiger partial charge in [-0.05, 0) is 24.7 Å². The van der Waals surface area contributed by atoms with Crippen LogP contribution in [-0.2, 0) is 9.47 Å². The second-order valence-electron chi connectivity index (χ2n) is 6.09. The smallest absolute Gasteiger partial charge is 0.193 e. The molecule has 1 N–H and O–H groups in total. The summed E-state index contributed by atoms with van der Waals surface area (Å²) < 4.78 is 10.4. The summed E-state index contributed by atoms with van der Waals surface area (Å²) in [6, 6.07) is 0. The average Bonchev–Trinajstić information content (AvgIpc) is 2.49. The van der Waals surface area contributed by atoms with Crippen LogP contribution in [-0.4, -0.2) is 65.0 Å².